The molecule has 0 bridgehead atoms. The number of hydrogen-bond acceptors (Lipinski definition) is 4. The number of benzene rings is 1. The summed E-state index contributed by atoms with van der Waals surface area (Å²) in [4.78, 5) is 14.4. The molecule has 5 heteroatoms. The largest absolute Gasteiger partial charge is 0.497 e. The second kappa shape index (κ2) is 7.88. The van der Waals surface area contributed by atoms with Gasteiger partial charge in [0.05, 0.1) is 13.2 Å². The lowest BCUT2D eigenvalue weighted by Crippen LogP contribution is -2.52. The number of nitrogens with zero attached hydrogens (tertiary/aromatic N) is 1. The van der Waals surface area contributed by atoms with Crippen LogP contribution >= 0.6 is 0 Å². The first-order chi connectivity index (χ1) is 11.4. The number of methoxy groups -OCH3 is 1. The van der Waals surface area contributed by atoms with Crippen LogP contribution in [0.4, 0.5) is 4.79 Å². The normalized spacial score (nSPS) is 22.4. The van der Waals surface area contributed by atoms with Crippen molar-refractivity contribution in [3.63, 3.8) is 0 Å². The fourth-order valence-corrected chi connectivity index (χ4v) is 3.35. The van der Waals surface area contributed by atoms with Crippen molar-refractivity contribution in [3.8, 4) is 5.75 Å². The number of carbonyl (C=O) groups is 1. The minimum Gasteiger partial charge on any atom is -0.497 e. The Bertz CT molecular complexity index is 543. The van der Waals surface area contributed by atoms with E-state index in [1.165, 1.54) is 0 Å². The van der Waals surface area contributed by atoms with Crippen molar-refractivity contribution in [2.45, 2.75) is 51.7 Å². The summed E-state index contributed by atoms with van der Waals surface area (Å²) in [7, 11) is 1.64. The summed E-state index contributed by atoms with van der Waals surface area (Å²) in [5.74, 6) is 1.03. The lowest BCUT2D eigenvalue weighted by atomic mass is 9.81. The fourth-order valence-electron chi connectivity index (χ4n) is 3.35. The molecule has 1 saturated heterocycles. The molecule has 1 aromatic rings. The van der Waals surface area contributed by atoms with E-state index < -0.39 is 5.60 Å². The third kappa shape index (κ3) is 3.83. The molecule has 1 heterocycles. The SMILES string of the molecule is COc1ccc([C@H](C)N2CCC(CCCO)(C(C)C)OC2=O)cc1. The topological polar surface area (TPSA) is 59.0 Å². The van der Waals surface area contributed by atoms with E-state index in [2.05, 4.69) is 13.8 Å². The standard InChI is InChI=1S/C19H29NO4/c1-14(2)19(10-5-13-21)11-12-20(18(22)24-19)15(3)16-6-8-17(23-4)9-7-16/h6-9,14-15,21H,5,10-13H2,1-4H3/t15-,19?/m0/s1. The van der Waals surface area contributed by atoms with E-state index in [0.29, 0.717) is 19.4 Å². The second-order valence-corrected chi connectivity index (χ2v) is 6.81. The number of carbonyl (C=O) groups excluding carboxylic acids is 1. The minimum atomic E-state index is -0.462. The van der Waals surface area contributed by atoms with Gasteiger partial charge in [-0.15, -0.1) is 0 Å². The molecule has 0 spiro atoms. The van der Waals surface area contributed by atoms with Gasteiger partial charge in [-0.25, -0.2) is 4.79 Å². The smallest absolute Gasteiger partial charge is 0.410 e. The Balaban J connectivity index is 2.10. The van der Waals surface area contributed by atoms with Crippen LogP contribution in [-0.2, 0) is 4.74 Å². The molecule has 1 amide bonds. The van der Waals surface area contributed by atoms with E-state index in [1.54, 1.807) is 12.0 Å². The van der Waals surface area contributed by atoms with Crippen LogP contribution in [0, 0.1) is 5.92 Å². The van der Waals surface area contributed by atoms with Crippen molar-refractivity contribution < 1.29 is 19.4 Å². The molecule has 0 aliphatic carbocycles. The molecule has 1 N–H and O–H groups in total. The lowest BCUT2D eigenvalue weighted by molar-refractivity contribution is -0.0894. The van der Waals surface area contributed by atoms with Gasteiger partial charge in [0.2, 0.25) is 0 Å². The molecule has 5 nitrogen and oxygen atoms in total. The Labute approximate surface area is 144 Å². The molecule has 1 aliphatic rings. The van der Waals surface area contributed by atoms with Crippen LogP contribution in [0.15, 0.2) is 24.3 Å². The molecular formula is C19H29NO4. The minimum absolute atomic E-state index is 0.0496. The van der Waals surface area contributed by atoms with Gasteiger partial charge in [0.1, 0.15) is 11.4 Å². The zero-order valence-corrected chi connectivity index (χ0v) is 15.1. The van der Waals surface area contributed by atoms with E-state index in [9.17, 15) is 4.79 Å². The number of ether oxygens (including phenoxy) is 2. The predicted molar refractivity (Wildman–Crippen MR) is 93.1 cm³/mol. The summed E-state index contributed by atoms with van der Waals surface area (Å²) in [5, 5.41) is 9.13. The molecule has 0 aromatic heterocycles. The molecule has 0 saturated carbocycles. The summed E-state index contributed by atoms with van der Waals surface area (Å²) in [5.41, 5.74) is 0.593. The van der Waals surface area contributed by atoms with E-state index in [-0.39, 0.29) is 24.7 Å². The maximum atomic E-state index is 12.6. The highest BCUT2D eigenvalue weighted by molar-refractivity contribution is 5.70. The molecule has 2 rings (SSSR count). The molecule has 1 fully saturated rings. The highest BCUT2D eigenvalue weighted by Crippen LogP contribution is 2.37. The summed E-state index contributed by atoms with van der Waals surface area (Å²) in [6.45, 7) is 6.95. The Morgan fingerprint density at radius 2 is 1.96 bits per heavy atom. The maximum absolute atomic E-state index is 12.6. The third-order valence-corrected chi connectivity index (χ3v) is 5.18. The van der Waals surface area contributed by atoms with Crippen molar-refractivity contribution >= 4 is 6.09 Å². The molecule has 1 aromatic carbocycles. The Morgan fingerprint density at radius 1 is 1.29 bits per heavy atom. The van der Waals surface area contributed by atoms with Crippen LogP contribution in [0.5, 0.6) is 5.75 Å². The summed E-state index contributed by atoms with van der Waals surface area (Å²) >= 11 is 0. The number of cyclic esters (lactones) is 1. The predicted octanol–water partition coefficient (Wildman–Crippen LogP) is 3.77. The van der Waals surface area contributed by atoms with E-state index in [1.807, 2.05) is 31.2 Å². The van der Waals surface area contributed by atoms with Crippen LogP contribution in [0.2, 0.25) is 0 Å². The van der Waals surface area contributed by atoms with Crippen molar-refractivity contribution in [3.05, 3.63) is 29.8 Å². The summed E-state index contributed by atoms with van der Waals surface area (Å²) < 4.78 is 11.1. The number of rotatable bonds is 7. The number of aliphatic hydroxyl groups excluding tert-OH is 1. The molecule has 134 valence electrons. The zero-order valence-electron chi connectivity index (χ0n) is 15.1. The zero-order chi connectivity index (χ0) is 17.7. The van der Waals surface area contributed by atoms with Gasteiger partial charge in [-0.3, -0.25) is 0 Å². The van der Waals surface area contributed by atoms with E-state index in [4.69, 9.17) is 14.6 Å². The van der Waals surface area contributed by atoms with Gasteiger partial charge in [0.15, 0.2) is 0 Å². The van der Waals surface area contributed by atoms with Gasteiger partial charge in [-0.2, -0.15) is 0 Å². The molecular weight excluding hydrogens is 306 g/mol. The fraction of sp³-hybridized carbons (Fsp3) is 0.632. The van der Waals surface area contributed by atoms with Gasteiger partial charge in [-0.1, -0.05) is 26.0 Å². The van der Waals surface area contributed by atoms with E-state index in [0.717, 1.165) is 17.7 Å². The molecule has 2 atom stereocenters. The Hall–Kier alpha value is -1.75. The van der Waals surface area contributed by atoms with Gasteiger partial charge in [0.25, 0.3) is 0 Å². The van der Waals surface area contributed by atoms with Crippen LogP contribution < -0.4 is 4.74 Å². The lowest BCUT2D eigenvalue weighted by Gasteiger charge is -2.45. The average molecular weight is 335 g/mol. The maximum Gasteiger partial charge on any atom is 0.410 e. The van der Waals surface area contributed by atoms with Crippen LogP contribution in [0.3, 0.4) is 0 Å². The molecule has 1 unspecified atom stereocenters. The van der Waals surface area contributed by atoms with Crippen molar-refractivity contribution in [2.75, 3.05) is 20.3 Å². The van der Waals surface area contributed by atoms with Crippen molar-refractivity contribution in [1.82, 2.24) is 4.90 Å². The number of aliphatic hydroxyl groups is 1. The van der Waals surface area contributed by atoms with Gasteiger partial charge in [0, 0.05) is 19.6 Å². The second-order valence-electron chi connectivity index (χ2n) is 6.81. The van der Waals surface area contributed by atoms with Crippen LogP contribution in [0.25, 0.3) is 0 Å². The first-order valence-electron chi connectivity index (χ1n) is 8.68. The molecule has 1 aliphatic heterocycles. The first-order valence-corrected chi connectivity index (χ1v) is 8.68. The van der Waals surface area contributed by atoms with Crippen molar-refractivity contribution in [2.24, 2.45) is 5.92 Å². The van der Waals surface area contributed by atoms with Gasteiger partial charge >= 0.3 is 6.09 Å². The summed E-state index contributed by atoms with van der Waals surface area (Å²) in [6, 6.07) is 7.72. The summed E-state index contributed by atoms with van der Waals surface area (Å²) in [6.07, 6.45) is 1.88. The van der Waals surface area contributed by atoms with Crippen molar-refractivity contribution in [1.29, 1.82) is 0 Å². The van der Waals surface area contributed by atoms with E-state index >= 15 is 0 Å². The molecule has 24 heavy (non-hydrogen) atoms. The van der Waals surface area contributed by atoms with Gasteiger partial charge < -0.3 is 19.5 Å². The monoisotopic (exact) mass is 335 g/mol. The van der Waals surface area contributed by atoms with Gasteiger partial charge in [-0.05, 0) is 43.4 Å². The third-order valence-electron chi connectivity index (χ3n) is 5.18. The molecule has 0 radical (unpaired) electrons. The highest BCUT2D eigenvalue weighted by Gasteiger charge is 2.43. The number of amides is 1. The Morgan fingerprint density at radius 3 is 2.46 bits per heavy atom. The first kappa shape index (κ1) is 18.6. The average Bonchev–Trinajstić information content (AvgIpc) is 2.59. The highest BCUT2D eigenvalue weighted by atomic mass is 16.6. The quantitative estimate of drug-likeness (QED) is 0.824. The Kier molecular flexibility index (Phi) is 6.10. The van der Waals surface area contributed by atoms with Crippen LogP contribution in [0.1, 0.15) is 51.6 Å². The van der Waals surface area contributed by atoms with Crippen LogP contribution in [-0.4, -0.2) is 42.0 Å². The number of hydrogen-bond donors (Lipinski definition) is 1.